The summed E-state index contributed by atoms with van der Waals surface area (Å²) in [5, 5.41) is 5.44. The van der Waals surface area contributed by atoms with Crippen molar-refractivity contribution in [1.82, 2.24) is 16.1 Å². The minimum absolute atomic E-state index is 0. The fourth-order valence-corrected chi connectivity index (χ4v) is 2.28. The van der Waals surface area contributed by atoms with E-state index in [0.29, 0.717) is 6.54 Å². The highest BCUT2D eigenvalue weighted by Gasteiger charge is 2.22. The molecule has 0 aromatic rings. The van der Waals surface area contributed by atoms with Gasteiger partial charge in [-0.15, -0.1) is 12.4 Å². The van der Waals surface area contributed by atoms with Crippen molar-refractivity contribution in [1.29, 1.82) is 0 Å². The summed E-state index contributed by atoms with van der Waals surface area (Å²) in [6, 6.07) is -0.922. The molecular formula is C16H35ClN4O2. The van der Waals surface area contributed by atoms with Gasteiger partial charge in [0.2, 0.25) is 0 Å². The summed E-state index contributed by atoms with van der Waals surface area (Å²) in [6.45, 7) is 6.57. The van der Waals surface area contributed by atoms with E-state index in [1.807, 2.05) is 13.8 Å². The highest BCUT2D eigenvalue weighted by molar-refractivity contribution is 5.86. The SMILES string of the molecule is CCCCCCCCCCNC(=O)N[C@H](C(=O)NN)C(C)C.Cl. The van der Waals surface area contributed by atoms with Crippen molar-refractivity contribution >= 4 is 24.3 Å². The number of hydrogen-bond donors (Lipinski definition) is 4. The van der Waals surface area contributed by atoms with E-state index in [1.54, 1.807) is 0 Å². The van der Waals surface area contributed by atoms with Gasteiger partial charge in [-0.05, 0) is 12.3 Å². The Bertz CT molecular complexity index is 314. The molecule has 0 bridgehead atoms. The molecular weight excluding hydrogens is 316 g/mol. The van der Waals surface area contributed by atoms with Gasteiger partial charge in [0.15, 0.2) is 0 Å². The van der Waals surface area contributed by atoms with Crippen LogP contribution < -0.4 is 21.9 Å². The van der Waals surface area contributed by atoms with Crippen LogP contribution in [0, 0.1) is 5.92 Å². The van der Waals surface area contributed by atoms with Crippen LogP contribution in [-0.2, 0) is 4.79 Å². The van der Waals surface area contributed by atoms with Crippen LogP contribution in [0.2, 0.25) is 0 Å². The lowest BCUT2D eigenvalue weighted by molar-refractivity contribution is -0.123. The number of rotatable bonds is 12. The van der Waals surface area contributed by atoms with Gasteiger partial charge in [-0.2, -0.15) is 0 Å². The molecule has 0 aromatic heterocycles. The Morgan fingerprint density at radius 1 is 0.957 bits per heavy atom. The first-order valence-electron chi connectivity index (χ1n) is 8.57. The molecule has 0 aliphatic heterocycles. The highest BCUT2D eigenvalue weighted by atomic mass is 35.5. The number of nitrogens with one attached hydrogen (secondary N) is 3. The Labute approximate surface area is 147 Å². The molecule has 0 aliphatic carbocycles. The van der Waals surface area contributed by atoms with Crippen molar-refractivity contribution in [3.8, 4) is 0 Å². The van der Waals surface area contributed by atoms with E-state index >= 15 is 0 Å². The number of amides is 3. The lowest BCUT2D eigenvalue weighted by atomic mass is 10.0. The van der Waals surface area contributed by atoms with Crippen LogP contribution in [0.3, 0.4) is 0 Å². The van der Waals surface area contributed by atoms with Gasteiger partial charge in [-0.1, -0.05) is 65.7 Å². The molecule has 0 radical (unpaired) electrons. The summed E-state index contributed by atoms with van der Waals surface area (Å²) >= 11 is 0. The average Bonchev–Trinajstić information content (AvgIpc) is 2.50. The van der Waals surface area contributed by atoms with Gasteiger partial charge in [0.05, 0.1) is 0 Å². The molecule has 0 aliphatic rings. The molecule has 0 saturated carbocycles. The summed E-state index contributed by atoms with van der Waals surface area (Å²) in [4.78, 5) is 23.3. The minimum Gasteiger partial charge on any atom is -0.338 e. The van der Waals surface area contributed by atoms with Crippen LogP contribution in [0.5, 0.6) is 0 Å². The summed E-state index contributed by atoms with van der Waals surface area (Å²) in [5.74, 6) is 4.72. The lowest BCUT2D eigenvalue weighted by Crippen LogP contribution is -2.54. The molecule has 5 N–H and O–H groups in total. The number of hydrazine groups is 1. The van der Waals surface area contributed by atoms with Gasteiger partial charge in [0.25, 0.3) is 5.91 Å². The maximum absolute atomic E-state index is 11.7. The molecule has 6 nitrogen and oxygen atoms in total. The number of unbranched alkanes of at least 4 members (excludes halogenated alkanes) is 7. The van der Waals surface area contributed by atoms with Gasteiger partial charge in [0, 0.05) is 6.54 Å². The van der Waals surface area contributed by atoms with Crippen molar-refractivity contribution in [3.63, 3.8) is 0 Å². The molecule has 0 aromatic carbocycles. The van der Waals surface area contributed by atoms with E-state index in [-0.39, 0.29) is 30.3 Å². The van der Waals surface area contributed by atoms with Crippen LogP contribution in [0.1, 0.15) is 72.1 Å². The molecule has 138 valence electrons. The van der Waals surface area contributed by atoms with E-state index in [1.165, 1.54) is 38.5 Å². The standard InChI is InChI=1S/C16H34N4O2.ClH/c1-4-5-6-7-8-9-10-11-12-18-16(22)19-14(13(2)3)15(21)20-17;/h13-14H,4-12,17H2,1-3H3,(H,20,21)(H2,18,19,22);1H/t14-;/m0./s1. The second-order valence-corrected chi connectivity index (χ2v) is 6.11. The Morgan fingerprint density at radius 2 is 1.48 bits per heavy atom. The third-order valence-corrected chi connectivity index (χ3v) is 3.69. The quantitative estimate of drug-likeness (QED) is 0.188. The number of carbonyl (C=O) groups is 2. The van der Waals surface area contributed by atoms with E-state index in [0.717, 1.165) is 12.8 Å². The van der Waals surface area contributed by atoms with Crippen LogP contribution in [0.4, 0.5) is 4.79 Å². The highest BCUT2D eigenvalue weighted by Crippen LogP contribution is 2.07. The van der Waals surface area contributed by atoms with Crippen LogP contribution >= 0.6 is 12.4 Å². The first-order valence-corrected chi connectivity index (χ1v) is 8.57. The number of carbonyl (C=O) groups excluding carboxylic acids is 2. The lowest BCUT2D eigenvalue weighted by Gasteiger charge is -2.20. The fourth-order valence-electron chi connectivity index (χ4n) is 2.28. The van der Waals surface area contributed by atoms with Crippen molar-refractivity contribution in [2.24, 2.45) is 11.8 Å². The molecule has 0 spiro atoms. The van der Waals surface area contributed by atoms with Crippen LogP contribution in [0.15, 0.2) is 0 Å². The Morgan fingerprint density at radius 3 is 1.96 bits per heavy atom. The second-order valence-electron chi connectivity index (χ2n) is 6.11. The van der Waals surface area contributed by atoms with Gasteiger partial charge >= 0.3 is 6.03 Å². The number of hydrogen-bond acceptors (Lipinski definition) is 3. The Balaban J connectivity index is 0. The Kier molecular flexibility index (Phi) is 16.7. The first kappa shape index (κ1) is 24.2. The zero-order valence-electron chi connectivity index (χ0n) is 14.8. The predicted molar refractivity (Wildman–Crippen MR) is 97.3 cm³/mol. The second kappa shape index (κ2) is 15.9. The third kappa shape index (κ3) is 13.2. The van der Waals surface area contributed by atoms with Crippen LogP contribution in [0.25, 0.3) is 0 Å². The number of urea groups is 1. The van der Waals surface area contributed by atoms with E-state index in [2.05, 4.69) is 23.0 Å². The molecule has 1 atom stereocenters. The van der Waals surface area contributed by atoms with Gasteiger partial charge in [-0.3, -0.25) is 10.2 Å². The largest absolute Gasteiger partial charge is 0.338 e. The van der Waals surface area contributed by atoms with Gasteiger partial charge < -0.3 is 10.6 Å². The average molecular weight is 351 g/mol. The molecule has 7 heteroatoms. The molecule has 0 rings (SSSR count). The third-order valence-electron chi connectivity index (χ3n) is 3.69. The summed E-state index contributed by atoms with van der Waals surface area (Å²) in [6.07, 6.45) is 9.84. The molecule has 0 heterocycles. The Hall–Kier alpha value is -1.01. The summed E-state index contributed by atoms with van der Waals surface area (Å²) in [7, 11) is 0. The van der Waals surface area contributed by atoms with Crippen molar-refractivity contribution < 1.29 is 9.59 Å². The van der Waals surface area contributed by atoms with E-state index in [9.17, 15) is 9.59 Å². The van der Waals surface area contributed by atoms with Crippen molar-refractivity contribution in [2.75, 3.05) is 6.54 Å². The summed E-state index contributed by atoms with van der Waals surface area (Å²) in [5.41, 5.74) is 2.08. The van der Waals surface area contributed by atoms with E-state index < -0.39 is 6.04 Å². The normalized spacial score (nSPS) is 11.5. The maximum atomic E-state index is 11.7. The smallest absolute Gasteiger partial charge is 0.315 e. The molecule has 0 saturated heterocycles. The number of halogens is 1. The monoisotopic (exact) mass is 350 g/mol. The molecule has 0 fully saturated rings. The maximum Gasteiger partial charge on any atom is 0.315 e. The molecule has 0 unspecified atom stereocenters. The van der Waals surface area contributed by atoms with Crippen LogP contribution in [-0.4, -0.2) is 24.5 Å². The predicted octanol–water partition coefficient (Wildman–Crippen LogP) is 2.86. The van der Waals surface area contributed by atoms with Gasteiger partial charge in [0.1, 0.15) is 6.04 Å². The minimum atomic E-state index is -0.608. The topological polar surface area (TPSA) is 96.2 Å². The number of nitrogens with two attached hydrogens (primary N) is 1. The van der Waals surface area contributed by atoms with Crippen molar-refractivity contribution in [3.05, 3.63) is 0 Å². The van der Waals surface area contributed by atoms with E-state index in [4.69, 9.17) is 5.84 Å². The van der Waals surface area contributed by atoms with Gasteiger partial charge in [-0.25, -0.2) is 10.6 Å². The molecule has 3 amide bonds. The fraction of sp³-hybridized carbons (Fsp3) is 0.875. The summed E-state index contributed by atoms with van der Waals surface area (Å²) < 4.78 is 0. The zero-order chi connectivity index (χ0) is 16.8. The molecule has 23 heavy (non-hydrogen) atoms. The zero-order valence-corrected chi connectivity index (χ0v) is 15.6. The first-order chi connectivity index (χ1) is 10.5. The van der Waals surface area contributed by atoms with Crippen molar-refractivity contribution in [2.45, 2.75) is 78.2 Å².